The van der Waals surface area contributed by atoms with Crippen LogP contribution in [0.3, 0.4) is 0 Å². The van der Waals surface area contributed by atoms with Crippen molar-refractivity contribution in [2.75, 3.05) is 6.54 Å². The lowest BCUT2D eigenvalue weighted by atomic mass is 9.91. The summed E-state index contributed by atoms with van der Waals surface area (Å²) in [6.45, 7) is 0.367. The van der Waals surface area contributed by atoms with Gasteiger partial charge in [-0.05, 0) is 65.0 Å². The Morgan fingerprint density at radius 3 is 2.56 bits per heavy atom. The second-order valence-corrected chi connectivity index (χ2v) is 6.88. The van der Waals surface area contributed by atoms with Crippen molar-refractivity contribution in [2.24, 2.45) is 11.8 Å². The van der Waals surface area contributed by atoms with Gasteiger partial charge in [-0.25, -0.2) is 0 Å². The van der Waals surface area contributed by atoms with Gasteiger partial charge in [-0.3, -0.25) is 4.79 Å². The Labute approximate surface area is 118 Å². The van der Waals surface area contributed by atoms with Crippen LogP contribution in [0.25, 0.3) is 0 Å². The first-order valence-electron chi connectivity index (χ1n) is 6.22. The Hall–Kier alpha value is -0.460. The van der Waals surface area contributed by atoms with E-state index in [1.54, 1.807) is 6.20 Å². The van der Waals surface area contributed by atoms with Crippen molar-refractivity contribution in [3.8, 4) is 0 Å². The maximum atomic E-state index is 12.0. The molecule has 2 aliphatic carbocycles. The van der Waals surface area contributed by atoms with E-state index in [4.69, 9.17) is 0 Å². The molecule has 2 aliphatic rings. The van der Waals surface area contributed by atoms with Crippen LogP contribution in [-0.4, -0.2) is 27.5 Å². The predicted molar refractivity (Wildman–Crippen MR) is 72.5 cm³/mol. The van der Waals surface area contributed by atoms with E-state index >= 15 is 0 Å². The van der Waals surface area contributed by atoms with Crippen molar-refractivity contribution >= 4 is 33.4 Å². The molecule has 4 nitrogen and oxygen atoms in total. The maximum Gasteiger partial charge on any atom is 0.264 e. The van der Waals surface area contributed by atoms with Gasteiger partial charge in [0.05, 0.1) is 16.3 Å². The highest BCUT2D eigenvalue weighted by atomic mass is 79.9. The van der Waals surface area contributed by atoms with Gasteiger partial charge in [0.1, 0.15) is 4.88 Å². The van der Waals surface area contributed by atoms with E-state index in [0.29, 0.717) is 27.7 Å². The van der Waals surface area contributed by atoms with E-state index in [-0.39, 0.29) is 5.91 Å². The molecule has 0 spiro atoms. The van der Waals surface area contributed by atoms with Gasteiger partial charge in [-0.2, -0.15) is 4.37 Å². The van der Waals surface area contributed by atoms with Gasteiger partial charge in [0, 0.05) is 6.54 Å². The summed E-state index contributed by atoms with van der Waals surface area (Å²) in [4.78, 5) is 12.6. The number of amides is 1. The quantitative estimate of drug-likeness (QED) is 0.869. The minimum absolute atomic E-state index is 0.149. The molecule has 1 aromatic heterocycles. The lowest BCUT2D eigenvalue weighted by Gasteiger charge is -2.28. The topological polar surface area (TPSA) is 62.2 Å². The Bertz CT molecular complexity index is 456. The van der Waals surface area contributed by atoms with Crippen molar-refractivity contribution in [2.45, 2.75) is 31.3 Å². The molecule has 6 heteroatoms. The van der Waals surface area contributed by atoms with Gasteiger partial charge < -0.3 is 10.4 Å². The fourth-order valence-corrected chi connectivity index (χ4v) is 3.66. The monoisotopic (exact) mass is 330 g/mol. The summed E-state index contributed by atoms with van der Waals surface area (Å²) in [5.74, 6) is 0.620. The van der Waals surface area contributed by atoms with E-state index in [2.05, 4.69) is 25.6 Å². The summed E-state index contributed by atoms with van der Waals surface area (Å²) >= 11 is 4.46. The molecule has 1 amide bonds. The molecular weight excluding hydrogens is 316 g/mol. The molecular formula is C12H15BrN2O2S. The first kappa shape index (κ1) is 12.6. The first-order chi connectivity index (χ1) is 8.61. The SMILES string of the molecule is O=C(NCC(O)(C1CC1)C1CC1)c1sncc1Br. The van der Waals surface area contributed by atoms with Gasteiger partial charge in [0.2, 0.25) is 0 Å². The van der Waals surface area contributed by atoms with Crippen LogP contribution >= 0.6 is 27.5 Å². The van der Waals surface area contributed by atoms with E-state index in [1.165, 1.54) is 11.5 Å². The minimum atomic E-state index is -0.674. The Balaban J connectivity index is 1.63. The highest BCUT2D eigenvalue weighted by Gasteiger charge is 2.53. The highest BCUT2D eigenvalue weighted by molar-refractivity contribution is 9.10. The molecule has 0 atom stereocenters. The lowest BCUT2D eigenvalue weighted by molar-refractivity contribution is -0.00318. The van der Waals surface area contributed by atoms with Crippen molar-refractivity contribution in [3.63, 3.8) is 0 Å². The first-order valence-corrected chi connectivity index (χ1v) is 7.78. The zero-order valence-corrected chi connectivity index (χ0v) is 12.3. The number of hydrogen-bond acceptors (Lipinski definition) is 4. The van der Waals surface area contributed by atoms with E-state index in [1.807, 2.05) is 0 Å². The van der Waals surface area contributed by atoms with Gasteiger partial charge in [-0.1, -0.05) is 0 Å². The molecule has 0 unspecified atom stereocenters. The molecule has 0 radical (unpaired) electrons. The minimum Gasteiger partial charge on any atom is -0.387 e. The summed E-state index contributed by atoms with van der Waals surface area (Å²) in [7, 11) is 0. The third-order valence-electron chi connectivity index (χ3n) is 3.83. The average Bonchev–Trinajstić information content (AvgIpc) is 3.23. The second-order valence-electron chi connectivity index (χ2n) is 5.23. The number of nitrogens with zero attached hydrogens (tertiary/aromatic N) is 1. The Kier molecular flexibility index (Phi) is 3.20. The van der Waals surface area contributed by atoms with Crippen molar-refractivity contribution in [1.82, 2.24) is 9.69 Å². The van der Waals surface area contributed by atoms with Crippen LogP contribution in [-0.2, 0) is 0 Å². The van der Waals surface area contributed by atoms with Gasteiger partial charge in [0.25, 0.3) is 5.91 Å². The molecule has 2 saturated carbocycles. The molecule has 3 rings (SSSR count). The summed E-state index contributed by atoms with van der Waals surface area (Å²) in [6.07, 6.45) is 5.98. The van der Waals surface area contributed by atoms with Crippen LogP contribution in [0, 0.1) is 11.8 Å². The Morgan fingerprint density at radius 2 is 2.11 bits per heavy atom. The molecule has 0 saturated heterocycles. The zero-order chi connectivity index (χ0) is 12.8. The molecule has 2 N–H and O–H groups in total. The smallest absolute Gasteiger partial charge is 0.264 e. The summed E-state index contributed by atoms with van der Waals surface area (Å²) < 4.78 is 4.67. The normalized spacial score (nSPS) is 19.9. The molecule has 1 aromatic rings. The number of carbonyl (C=O) groups is 1. The third kappa shape index (κ3) is 2.33. The number of carbonyl (C=O) groups excluding carboxylic acids is 1. The van der Waals surface area contributed by atoms with Crippen LogP contribution in [0.1, 0.15) is 35.4 Å². The number of rotatable bonds is 5. The fraction of sp³-hybridized carbons (Fsp3) is 0.667. The molecule has 0 aliphatic heterocycles. The van der Waals surface area contributed by atoms with Crippen LogP contribution in [0.5, 0.6) is 0 Å². The van der Waals surface area contributed by atoms with Crippen LogP contribution in [0.4, 0.5) is 0 Å². The second kappa shape index (κ2) is 4.58. The lowest BCUT2D eigenvalue weighted by Crippen LogP contribution is -2.46. The van der Waals surface area contributed by atoms with E-state index in [9.17, 15) is 9.90 Å². The molecule has 1 heterocycles. The van der Waals surface area contributed by atoms with Crippen molar-refractivity contribution < 1.29 is 9.90 Å². The average molecular weight is 331 g/mol. The number of halogens is 1. The zero-order valence-electron chi connectivity index (χ0n) is 9.86. The summed E-state index contributed by atoms with van der Waals surface area (Å²) in [6, 6.07) is 0. The van der Waals surface area contributed by atoms with Gasteiger partial charge >= 0.3 is 0 Å². The maximum absolute atomic E-state index is 12.0. The Morgan fingerprint density at radius 1 is 1.50 bits per heavy atom. The molecule has 0 bridgehead atoms. The van der Waals surface area contributed by atoms with Gasteiger partial charge in [-0.15, -0.1) is 0 Å². The number of aliphatic hydroxyl groups is 1. The molecule has 18 heavy (non-hydrogen) atoms. The fourth-order valence-electron chi connectivity index (χ4n) is 2.47. The number of nitrogens with one attached hydrogen (secondary N) is 1. The van der Waals surface area contributed by atoms with Crippen molar-refractivity contribution in [1.29, 1.82) is 0 Å². The number of aromatic nitrogens is 1. The van der Waals surface area contributed by atoms with Crippen LogP contribution < -0.4 is 5.32 Å². The molecule has 98 valence electrons. The summed E-state index contributed by atoms with van der Waals surface area (Å²) in [5, 5.41) is 13.5. The molecule has 2 fully saturated rings. The largest absolute Gasteiger partial charge is 0.387 e. The van der Waals surface area contributed by atoms with Crippen LogP contribution in [0.2, 0.25) is 0 Å². The van der Waals surface area contributed by atoms with Crippen LogP contribution in [0.15, 0.2) is 10.7 Å². The van der Waals surface area contributed by atoms with Crippen molar-refractivity contribution in [3.05, 3.63) is 15.5 Å². The third-order valence-corrected chi connectivity index (χ3v) is 5.50. The van der Waals surface area contributed by atoms with Gasteiger partial charge in [0.15, 0.2) is 0 Å². The van der Waals surface area contributed by atoms with E-state index < -0.39 is 5.60 Å². The summed E-state index contributed by atoms with van der Waals surface area (Å²) in [5.41, 5.74) is -0.674. The molecule has 0 aromatic carbocycles. The standard InChI is InChI=1S/C12H15BrN2O2S/c13-9-5-15-18-10(9)11(16)14-6-12(17,7-1-2-7)8-3-4-8/h5,7-8,17H,1-4,6H2,(H,14,16). The highest BCUT2D eigenvalue weighted by Crippen LogP contribution is 2.51. The predicted octanol–water partition coefficient (Wildman–Crippen LogP) is 2.19. The number of hydrogen-bond donors (Lipinski definition) is 2. The van der Waals surface area contributed by atoms with E-state index in [0.717, 1.165) is 25.7 Å².